The van der Waals surface area contributed by atoms with E-state index in [9.17, 15) is 24.0 Å². The molecule has 0 aliphatic rings. The summed E-state index contributed by atoms with van der Waals surface area (Å²) in [7, 11) is 0. The first-order chi connectivity index (χ1) is 25.2. The van der Waals surface area contributed by atoms with Gasteiger partial charge in [-0.3, -0.25) is 45.7 Å². The van der Waals surface area contributed by atoms with Crippen molar-refractivity contribution < 1.29 is 28.7 Å². The molecule has 52 heavy (non-hydrogen) atoms. The molecule has 1 aromatic heterocycles. The Balaban J connectivity index is 0.000000234. The van der Waals surface area contributed by atoms with E-state index in [2.05, 4.69) is 53.1 Å². The molecule has 0 aliphatic carbocycles. The molecule has 16 heteroatoms. The predicted molar refractivity (Wildman–Crippen MR) is 198 cm³/mol. The molecule has 5 rings (SSSR count). The van der Waals surface area contributed by atoms with Gasteiger partial charge < -0.3 is 20.7 Å². The Bertz CT molecular complexity index is 1970. The molecule has 0 fully saturated rings. The highest BCUT2D eigenvalue weighted by molar-refractivity contribution is 5.97. The molecule has 1 atom stereocenters. The van der Waals surface area contributed by atoms with Crippen LogP contribution in [-0.2, 0) is 24.0 Å². The van der Waals surface area contributed by atoms with E-state index >= 15 is 0 Å². The number of H-pyrrole nitrogens is 1. The van der Waals surface area contributed by atoms with Crippen molar-refractivity contribution in [2.45, 2.75) is 46.1 Å². The van der Waals surface area contributed by atoms with Crippen molar-refractivity contribution in [2.24, 2.45) is 0 Å². The Morgan fingerprint density at radius 1 is 0.673 bits per heavy atom. The quantitative estimate of drug-likeness (QED) is 0.0527. The van der Waals surface area contributed by atoms with Crippen LogP contribution in [0.25, 0.3) is 11.0 Å². The highest BCUT2D eigenvalue weighted by Gasteiger charge is 2.19. The van der Waals surface area contributed by atoms with E-state index in [1.54, 1.807) is 66.7 Å². The van der Waals surface area contributed by atoms with Crippen molar-refractivity contribution in [1.82, 2.24) is 26.3 Å². The van der Waals surface area contributed by atoms with Gasteiger partial charge in [0.15, 0.2) is 6.10 Å². The first kappa shape index (κ1) is 37.8. The third-order valence-corrected chi connectivity index (χ3v) is 7.31. The number of ether oxygens (including phenoxy) is 1. The van der Waals surface area contributed by atoms with E-state index in [1.807, 2.05) is 39.0 Å². The van der Waals surface area contributed by atoms with E-state index in [4.69, 9.17) is 4.74 Å². The highest BCUT2D eigenvalue weighted by atomic mass is 16.5. The number of amides is 5. The van der Waals surface area contributed by atoms with E-state index in [1.165, 1.54) is 0 Å². The molecule has 5 amide bonds. The lowest BCUT2D eigenvalue weighted by Gasteiger charge is -2.19. The van der Waals surface area contributed by atoms with Crippen LogP contribution in [0.2, 0.25) is 0 Å². The van der Waals surface area contributed by atoms with Crippen LogP contribution in [0.1, 0.15) is 37.3 Å². The van der Waals surface area contributed by atoms with Gasteiger partial charge in [-0.1, -0.05) is 24.6 Å². The number of rotatable bonds is 16. The minimum Gasteiger partial charge on any atom is -0.480 e. The zero-order valence-electron chi connectivity index (χ0n) is 28.8. The van der Waals surface area contributed by atoms with Gasteiger partial charge in [-0.15, -0.1) is 0 Å². The number of carbonyl (C=O) groups excluding carboxylic acids is 5. The summed E-state index contributed by atoms with van der Waals surface area (Å²) in [5.74, 6) is -0.0300. The molecule has 4 aromatic carbocycles. The molecular formula is C36H40N10O6. The normalized spacial score (nSPS) is 10.8. The molecule has 0 bridgehead atoms. The number of aromatic amines is 1. The summed E-state index contributed by atoms with van der Waals surface area (Å²) in [6, 6.07) is 24.8. The summed E-state index contributed by atoms with van der Waals surface area (Å²) < 4.78 is 5.89. The third-order valence-electron chi connectivity index (χ3n) is 7.31. The van der Waals surface area contributed by atoms with Crippen LogP contribution in [-0.4, -0.2) is 52.1 Å². The summed E-state index contributed by atoms with van der Waals surface area (Å²) in [6.45, 7) is 5.89. The first-order valence-corrected chi connectivity index (χ1v) is 16.2. The Morgan fingerprint density at radius 3 is 1.75 bits per heavy atom. The first-order valence-electron chi connectivity index (χ1n) is 16.2. The molecule has 1 unspecified atom stereocenters. The topological polar surface area (TPSA) is 220 Å². The van der Waals surface area contributed by atoms with Gasteiger partial charge in [-0.05, 0) is 98.6 Å². The molecule has 0 saturated carbocycles. The van der Waals surface area contributed by atoms with Gasteiger partial charge in [0.25, 0.3) is 5.91 Å². The van der Waals surface area contributed by atoms with Crippen LogP contribution in [0.4, 0.5) is 28.4 Å². The number of anilines is 5. The van der Waals surface area contributed by atoms with Gasteiger partial charge in [0.2, 0.25) is 24.6 Å². The average Bonchev–Trinajstić information content (AvgIpc) is 3.61. The average molecular weight is 709 g/mol. The van der Waals surface area contributed by atoms with Crippen molar-refractivity contribution in [3.63, 3.8) is 0 Å². The number of aromatic nitrogens is 3. The Morgan fingerprint density at radius 2 is 1.19 bits per heavy atom. The second kappa shape index (κ2) is 19.3. The van der Waals surface area contributed by atoms with Gasteiger partial charge in [0.1, 0.15) is 16.8 Å². The highest BCUT2D eigenvalue weighted by Crippen LogP contribution is 2.22. The van der Waals surface area contributed by atoms with Gasteiger partial charge >= 0.3 is 0 Å². The van der Waals surface area contributed by atoms with Crippen molar-refractivity contribution in [2.75, 3.05) is 26.8 Å². The number of nitrogens with one attached hydrogen (secondary N) is 8. The molecule has 0 aliphatic heterocycles. The van der Waals surface area contributed by atoms with E-state index in [0.717, 1.165) is 11.1 Å². The smallest absolute Gasteiger partial charge is 0.265 e. The zero-order valence-corrected chi connectivity index (χ0v) is 28.8. The van der Waals surface area contributed by atoms with Gasteiger partial charge in [0.05, 0.1) is 11.4 Å². The fourth-order valence-electron chi connectivity index (χ4n) is 4.72. The largest absolute Gasteiger partial charge is 0.480 e. The Hall–Kier alpha value is -6.97. The molecule has 0 radical (unpaired) electrons. The number of benzene rings is 4. The maximum absolute atomic E-state index is 12.5. The summed E-state index contributed by atoms with van der Waals surface area (Å²) in [6.07, 6.45) is 1.14. The lowest BCUT2D eigenvalue weighted by molar-refractivity contribution is -0.123. The summed E-state index contributed by atoms with van der Waals surface area (Å²) in [5.41, 5.74) is 16.7. The van der Waals surface area contributed by atoms with Crippen molar-refractivity contribution in [3.05, 3.63) is 96.1 Å². The van der Waals surface area contributed by atoms with Crippen LogP contribution in [0, 0.1) is 13.8 Å². The molecule has 0 spiro atoms. The molecule has 16 nitrogen and oxygen atoms in total. The van der Waals surface area contributed by atoms with Crippen LogP contribution in [0.3, 0.4) is 0 Å². The third kappa shape index (κ3) is 11.9. The molecule has 5 aromatic rings. The van der Waals surface area contributed by atoms with E-state index in [0.29, 0.717) is 64.5 Å². The number of hydrogen-bond donors (Lipinski definition) is 8. The minimum atomic E-state index is -0.573. The number of aryl methyl sites for hydroxylation is 2. The minimum absolute atomic E-state index is 0.0464. The maximum atomic E-state index is 12.5. The van der Waals surface area contributed by atoms with Crippen LogP contribution >= 0.6 is 0 Å². The number of hydrazine groups is 2. The molecule has 0 saturated heterocycles. The van der Waals surface area contributed by atoms with Gasteiger partial charge in [0, 0.05) is 29.9 Å². The standard InChI is InChI=1S/C19H23N3O3.C17H17N7O3/c1-4-17(25-18-10-5-13(2)11-14(18)3)19(24)21-15-6-8-16(9-7-15)22-20-12-23;25-10-18-21-12-3-1-11(2-4-12)19-16(26)7-8-17(27)20-13-5-6-14-15(9-13)23-24-22-14/h5-12,17,22H,4H2,1-3H3,(H,20,23)(H,21,24);1-6,9-10,21H,7-8H2,(H,18,25)(H,19,26)(H,20,27)(H,22,23,24). The Labute approximate surface area is 299 Å². The fraction of sp³-hybridized carbons (Fsp3) is 0.194. The second-order valence-electron chi connectivity index (χ2n) is 11.3. The summed E-state index contributed by atoms with van der Waals surface area (Å²) in [5, 5.41) is 18.7. The van der Waals surface area contributed by atoms with Crippen molar-refractivity contribution in [1.29, 1.82) is 0 Å². The zero-order chi connectivity index (χ0) is 37.3. The number of carbonyl (C=O) groups is 5. The monoisotopic (exact) mass is 708 g/mol. The SMILES string of the molecule is CCC(Oc1ccc(C)cc1C)C(=O)Nc1ccc(NNC=O)cc1.O=CNNc1ccc(NC(=O)CCC(=O)Nc2ccc3n[nH]nc3c2)cc1. The lowest BCUT2D eigenvalue weighted by Crippen LogP contribution is -2.32. The predicted octanol–water partition coefficient (Wildman–Crippen LogP) is 4.56. The van der Waals surface area contributed by atoms with Crippen LogP contribution < -0.4 is 42.4 Å². The Kier molecular flexibility index (Phi) is 14.0. The van der Waals surface area contributed by atoms with E-state index < -0.39 is 6.10 Å². The maximum Gasteiger partial charge on any atom is 0.265 e. The van der Waals surface area contributed by atoms with Crippen molar-refractivity contribution in [3.8, 4) is 5.75 Å². The molecular weight excluding hydrogens is 668 g/mol. The van der Waals surface area contributed by atoms with Gasteiger partial charge in [-0.2, -0.15) is 15.4 Å². The summed E-state index contributed by atoms with van der Waals surface area (Å²) >= 11 is 0. The second-order valence-corrected chi connectivity index (χ2v) is 11.3. The lowest BCUT2D eigenvalue weighted by atomic mass is 10.1. The molecule has 1 heterocycles. The van der Waals surface area contributed by atoms with Crippen LogP contribution in [0.15, 0.2) is 84.9 Å². The fourth-order valence-corrected chi connectivity index (χ4v) is 4.72. The summed E-state index contributed by atoms with van der Waals surface area (Å²) in [4.78, 5) is 56.9. The molecule has 270 valence electrons. The number of hydrogen-bond acceptors (Lipinski definition) is 10. The number of nitrogens with zero attached hydrogens (tertiary/aromatic N) is 2. The van der Waals surface area contributed by atoms with Crippen molar-refractivity contribution >= 4 is 70.0 Å². The molecule has 8 N–H and O–H groups in total. The number of fused-ring (bicyclic) bond motifs is 1. The van der Waals surface area contributed by atoms with E-state index in [-0.39, 0.29) is 30.6 Å². The van der Waals surface area contributed by atoms with Gasteiger partial charge in [-0.25, -0.2) is 0 Å². The van der Waals surface area contributed by atoms with Crippen LogP contribution in [0.5, 0.6) is 5.75 Å².